The lowest BCUT2D eigenvalue weighted by Crippen LogP contribution is -2.12. The molecule has 0 fully saturated rings. The fourth-order valence-electron chi connectivity index (χ4n) is 2.23. The molecule has 0 spiro atoms. The summed E-state index contributed by atoms with van der Waals surface area (Å²) in [6, 6.07) is 14.2. The normalized spacial score (nSPS) is 10.7. The maximum Gasteiger partial charge on any atom is 0.255 e. The average molecular weight is 363 g/mol. The fraction of sp³-hybridized carbons (Fsp3) is 0.0500. The molecule has 0 saturated heterocycles. The van der Waals surface area contributed by atoms with Crippen LogP contribution in [-0.4, -0.2) is 16.8 Å². The van der Waals surface area contributed by atoms with Gasteiger partial charge in [0.15, 0.2) is 0 Å². The Kier molecular flexibility index (Phi) is 5.56. The molecule has 1 aromatic carbocycles. The number of hydrogen-bond acceptors (Lipinski definition) is 4. The van der Waals surface area contributed by atoms with Crippen LogP contribution >= 0.6 is 11.3 Å². The Morgan fingerprint density at radius 3 is 2.46 bits per heavy atom. The maximum atomic E-state index is 12.2. The number of carbonyl (C=O) groups excluding carboxylic acids is 2. The third-order valence-electron chi connectivity index (χ3n) is 3.49. The molecule has 0 bridgehead atoms. The van der Waals surface area contributed by atoms with Crippen LogP contribution in [0.2, 0.25) is 0 Å². The van der Waals surface area contributed by atoms with Gasteiger partial charge in [-0.3, -0.25) is 14.6 Å². The van der Waals surface area contributed by atoms with Gasteiger partial charge in [-0.1, -0.05) is 0 Å². The van der Waals surface area contributed by atoms with Gasteiger partial charge in [0, 0.05) is 33.3 Å². The Bertz CT molecular complexity index is 931. The lowest BCUT2D eigenvalue weighted by molar-refractivity contribution is -0.111. The summed E-state index contributed by atoms with van der Waals surface area (Å²) in [6.45, 7) is 2.02. The molecule has 0 aliphatic heterocycles. The highest BCUT2D eigenvalue weighted by atomic mass is 32.1. The molecule has 130 valence electrons. The summed E-state index contributed by atoms with van der Waals surface area (Å²) < 4.78 is 0. The number of pyridine rings is 1. The molecule has 0 aliphatic carbocycles. The largest absolute Gasteiger partial charge is 0.323 e. The molecule has 2 heterocycles. The van der Waals surface area contributed by atoms with Gasteiger partial charge < -0.3 is 10.6 Å². The number of aryl methyl sites for hydroxylation is 1. The SMILES string of the molecule is Cc1ccc(C=CC(=O)Nc2ccc(C(=O)Nc3cccnc3)cc2)s1. The molecule has 0 atom stereocenters. The van der Waals surface area contributed by atoms with Crippen molar-refractivity contribution in [2.24, 2.45) is 0 Å². The van der Waals surface area contributed by atoms with Gasteiger partial charge in [0.05, 0.1) is 11.9 Å². The Morgan fingerprint density at radius 1 is 1.00 bits per heavy atom. The maximum absolute atomic E-state index is 12.2. The van der Waals surface area contributed by atoms with Gasteiger partial charge in [-0.2, -0.15) is 0 Å². The molecule has 2 N–H and O–H groups in total. The Morgan fingerprint density at radius 2 is 1.81 bits per heavy atom. The van der Waals surface area contributed by atoms with E-state index in [-0.39, 0.29) is 11.8 Å². The van der Waals surface area contributed by atoms with Crippen LogP contribution in [0.15, 0.2) is 67.0 Å². The van der Waals surface area contributed by atoms with E-state index in [1.807, 2.05) is 19.1 Å². The Balaban J connectivity index is 1.57. The number of benzene rings is 1. The van der Waals surface area contributed by atoms with Gasteiger partial charge in [0.25, 0.3) is 5.91 Å². The number of nitrogens with zero attached hydrogens (tertiary/aromatic N) is 1. The summed E-state index contributed by atoms with van der Waals surface area (Å²) in [5, 5.41) is 5.53. The summed E-state index contributed by atoms with van der Waals surface area (Å²) in [6.07, 6.45) is 6.49. The topological polar surface area (TPSA) is 71.1 Å². The molecule has 0 radical (unpaired) electrons. The third-order valence-corrected chi connectivity index (χ3v) is 4.46. The molecule has 0 aliphatic rings. The first-order valence-electron chi connectivity index (χ1n) is 7.97. The molecule has 2 amide bonds. The minimum Gasteiger partial charge on any atom is -0.323 e. The molecule has 3 aromatic rings. The third kappa shape index (κ3) is 4.87. The second-order valence-electron chi connectivity index (χ2n) is 5.54. The van der Waals surface area contributed by atoms with E-state index in [0.717, 1.165) is 4.88 Å². The number of aromatic nitrogens is 1. The number of amides is 2. The standard InChI is InChI=1S/C20H17N3O2S/c1-14-4-9-18(26-14)10-11-19(24)22-16-7-5-15(6-8-16)20(25)23-17-3-2-12-21-13-17/h2-13H,1H3,(H,22,24)(H,23,25). The van der Waals surface area contributed by atoms with E-state index in [4.69, 9.17) is 0 Å². The van der Waals surface area contributed by atoms with Crippen LogP contribution in [0, 0.1) is 6.92 Å². The Hall–Kier alpha value is -3.25. The summed E-state index contributed by atoms with van der Waals surface area (Å²) >= 11 is 1.63. The summed E-state index contributed by atoms with van der Waals surface area (Å²) in [5.74, 6) is -0.451. The number of anilines is 2. The van der Waals surface area contributed by atoms with Gasteiger partial charge in [-0.15, -0.1) is 11.3 Å². The van der Waals surface area contributed by atoms with E-state index in [0.29, 0.717) is 16.9 Å². The highest BCUT2D eigenvalue weighted by Gasteiger charge is 2.06. The number of carbonyl (C=O) groups is 2. The van der Waals surface area contributed by atoms with Crippen LogP contribution in [0.1, 0.15) is 20.1 Å². The van der Waals surface area contributed by atoms with Crippen LogP contribution in [0.5, 0.6) is 0 Å². The minimum atomic E-state index is -0.233. The van der Waals surface area contributed by atoms with Crippen molar-refractivity contribution >= 4 is 40.6 Å². The van der Waals surface area contributed by atoms with Crippen molar-refractivity contribution in [1.82, 2.24) is 4.98 Å². The first-order chi connectivity index (χ1) is 12.6. The lowest BCUT2D eigenvalue weighted by Gasteiger charge is -2.06. The zero-order valence-corrected chi connectivity index (χ0v) is 14.9. The van der Waals surface area contributed by atoms with E-state index in [1.54, 1.807) is 66.2 Å². The smallest absolute Gasteiger partial charge is 0.255 e. The van der Waals surface area contributed by atoms with E-state index >= 15 is 0 Å². The predicted molar refractivity (Wildman–Crippen MR) is 105 cm³/mol. The molecule has 26 heavy (non-hydrogen) atoms. The second kappa shape index (κ2) is 8.22. The van der Waals surface area contributed by atoms with Crippen LogP contribution < -0.4 is 10.6 Å². The van der Waals surface area contributed by atoms with Crippen molar-refractivity contribution in [3.63, 3.8) is 0 Å². The van der Waals surface area contributed by atoms with Gasteiger partial charge in [0.1, 0.15) is 0 Å². The Labute approximate surface area is 155 Å². The number of hydrogen-bond donors (Lipinski definition) is 2. The van der Waals surface area contributed by atoms with Crippen LogP contribution in [0.25, 0.3) is 6.08 Å². The number of rotatable bonds is 5. The quantitative estimate of drug-likeness (QED) is 0.662. The second-order valence-corrected chi connectivity index (χ2v) is 6.86. The van der Waals surface area contributed by atoms with Crippen molar-refractivity contribution < 1.29 is 9.59 Å². The molecule has 0 unspecified atom stereocenters. The van der Waals surface area contributed by atoms with Crippen molar-refractivity contribution in [2.75, 3.05) is 10.6 Å². The van der Waals surface area contributed by atoms with Gasteiger partial charge >= 0.3 is 0 Å². The minimum absolute atomic E-state index is 0.219. The highest BCUT2D eigenvalue weighted by Crippen LogP contribution is 2.17. The highest BCUT2D eigenvalue weighted by molar-refractivity contribution is 7.12. The van der Waals surface area contributed by atoms with Crippen molar-refractivity contribution in [2.45, 2.75) is 6.92 Å². The average Bonchev–Trinajstić information content (AvgIpc) is 3.07. The number of thiophene rings is 1. The van der Waals surface area contributed by atoms with Crippen LogP contribution in [0.3, 0.4) is 0 Å². The monoisotopic (exact) mass is 363 g/mol. The molecular formula is C20H17N3O2S. The lowest BCUT2D eigenvalue weighted by atomic mass is 10.2. The summed E-state index contributed by atoms with van der Waals surface area (Å²) in [4.78, 5) is 30.3. The van der Waals surface area contributed by atoms with E-state index < -0.39 is 0 Å². The molecule has 2 aromatic heterocycles. The zero-order chi connectivity index (χ0) is 18.4. The van der Waals surface area contributed by atoms with Crippen LogP contribution in [0.4, 0.5) is 11.4 Å². The van der Waals surface area contributed by atoms with Crippen molar-refractivity contribution in [1.29, 1.82) is 0 Å². The van der Waals surface area contributed by atoms with E-state index in [9.17, 15) is 9.59 Å². The first kappa shape index (κ1) is 17.6. The fourth-order valence-corrected chi connectivity index (χ4v) is 3.01. The molecule has 5 nitrogen and oxygen atoms in total. The zero-order valence-electron chi connectivity index (χ0n) is 14.1. The summed E-state index contributed by atoms with van der Waals surface area (Å²) in [7, 11) is 0. The molecular weight excluding hydrogens is 346 g/mol. The summed E-state index contributed by atoms with van der Waals surface area (Å²) in [5.41, 5.74) is 1.75. The number of nitrogens with one attached hydrogen (secondary N) is 2. The van der Waals surface area contributed by atoms with Gasteiger partial charge in [-0.25, -0.2) is 0 Å². The van der Waals surface area contributed by atoms with E-state index in [1.165, 1.54) is 11.0 Å². The van der Waals surface area contributed by atoms with Crippen molar-refractivity contribution in [3.05, 3.63) is 82.3 Å². The van der Waals surface area contributed by atoms with E-state index in [2.05, 4.69) is 15.6 Å². The predicted octanol–water partition coefficient (Wildman–Crippen LogP) is 4.36. The van der Waals surface area contributed by atoms with Gasteiger partial charge in [0.2, 0.25) is 5.91 Å². The molecule has 6 heteroatoms. The van der Waals surface area contributed by atoms with Crippen LogP contribution in [-0.2, 0) is 4.79 Å². The van der Waals surface area contributed by atoms with Gasteiger partial charge in [-0.05, 0) is 61.5 Å². The molecule has 0 saturated carbocycles. The molecule has 3 rings (SSSR count). The first-order valence-corrected chi connectivity index (χ1v) is 8.79. The van der Waals surface area contributed by atoms with Crippen molar-refractivity contribution in [3.8, 4) is 0 Å².